The number of thioether (sulfide) groups is 1. The highest BCUT2D eigenvalue weighted by Gasteiger charge is 2.25. The molecular formula is C14H17FO3S. The van der Waals surface area contributed by atoms with Gasteiger partial charge in [0, 0.05) is 4.90 Å². The average Bonchev–Trinajstić information content (AvgIpc) is 2.39. The van der Waals surface area contributed by atoms with Crippen LogP contribution in [0, 0.1) is 11.7 Å². The maximum Gasteiger partial charge on any atom is 0.316 e. The van der Waals surface area contributed by atoms with Gasteiger partial charge in [0.1, 0.15) is 11.7 Å². The first-order chi connectivity index (χ1) is 9.10. The number of hydrogen-bond donors (Lipinski definition) is 0. The van der Waals surface area contributed by atoms with Crippen LogP contribution in [0.5, 0.6) is 0 Å². The van der Waals surface area contributed by atoms with Crippen LogP contribution in [-0.4, -0.2) is 24.1 Å². The van der Waals surface area contributed by atoms with E-state index in [9.17, 15) is 14.0 Å². The van der Waals surface area contributed by atoms with E-state index < -0.39 is 11.9 Å². The lowest BCUT2D eigenvalue weighted by Gasteiger charge is -2.12. The minimum Gasteiger partial charge on any atom is -0.465 e. The Morgan fingerprint density at radius 1 is 1.32 bits per heavy atom. The molecule has 0 saturated heterocycles. The third-order valence-electron chi connectivity index (χ3n) is 2.57. The molecule has 3 nitrogen and oxygen atoms in total. The minimum absolute atomic E-state index is 0.0677. The summed E-state index contributed by atoms with van der Waals surface area (Å²) < 4.78 is 18.2. The molecule has 0 aliphatic heterocycles. The number of Topliss-reactive ketones (excluding diaryl/α,β-unsaturated/α-hetero) is 1. The summed E-state index contributed by atoms with van der Waals surface area (Å²) in [5.41, 5.74) is 0. The Morgan fingerprint density at radius 3 is 2.58 bits per heavy atom. The van der Waals surface area contributed by atoms with E-state index in [4.69, 9.17) is 4.74 Å². The summed E-state index contributed by atoms with van der Waals surface area (Å²) in [6.45, 7) is 3.71. The third kappa shape index (κ3) is 4.67. The van der Waals surface area contributed by atoms with Crippen molar-refractivity contribution in [3.63, 3.8) is 0 Å². The topological polar surface area (TPSA) is 43.4 Å². The molecule has 1 aromatic rings. The van der Waals surface area contributed by atoms with Crippen molar-refractivity contribution in [3.05, 3.63) is 30.1 Å². The smallest absolute Gasteiger partial charge is 0.316 e. The summed E-state index contributed by atoms with van der Waals surface area (Å²) >= 11 is 1.10. The summed E-state index contributed by atoms with van der Waals surface area (Å²) in [7, 11) is 0. The number of halogens is 1. The molecule has 1 rings (SSSR count). The second-order valence-corrected chi connectivity index (χ2v) is 4.92. The van der Waals surface area contributed by atoms with E-state index in [1.807, 2.05) is 0 Å². The van der Waals surface area contributed by atoms with Crippen LogP contribution in [0.4, 0.5) is 4.39 Å². The van der Waals surface area contributed by atoms with Crippen LogP contribution in [-0.2, 0) is 14.3 Å². The highest BCUT2D eigenvalue weighted by Crippen LogP contribution is 2.22. The highest BCUT2D eigenvalue weighted by molar-refractivity contribution is 8.00. The lowest BCUT2D eigenvalue weighted by atomic mass is 10.0. The molecule has 104 valence electrons. The lowest BCUT2D eigenvalue weighted by Crippen LogP contribution is -2.27. The number of hydrogen-bond acceptors (Lipinski definition) is 4. The van der Waals surface area contributed by atoms with Crippen molar-refractivity contribution in [3.8, 4) is 0 Å². The van der Waals surface area contributed by atoms with E-state index in [1.165, 1.54) is 6.07 Å². The van der Waals surface area contributed by atoms with E-state index in [1.54, 1.807) is 32.0 Å². The number of benzene rings is 1. The first-order valence-corrected chi connectivity index (χ1v) is 7.15. The first-order valence-electron chi connectivity index (χ1n) is 6.16. The van der Waals surface area contributed by atoms with Gasteiger partial charge in [-0.1, -0.05) is 19.1 Å². The van der Waals surface area contributed by atoms with Crippen LogP contribution in [0.15, 0.2) is 29.2 Å². The molecule has 0 N–H and O–H groups in total. The van der Waals surface area contributed by atoms with Gasteiger partial charge < -0.3 is 4.74 Å². The van der Waals surface area contributed by atoms with E-state index in [-0.39, 0.29) is 24.0 Å². The minimum atomic E-state index is -0.751. The summed E-state index contributed by atoms with van der Waals surface area (Å²) in [5.74, 6) is -1.76. The predicted molar refractivity (Wildman–Crippen MR) is 72.5 cm³/mol. The Morgan fingerprint density at radius 2 is 2.00 bits per heavy atom. The largest absolute Gasteiger partial charge is 0.465 e. The summed E-state index contributed by atoms with van der Waals surface area (Å²) in [6, 6.07) is 6.25. The number of ether oxygens (including phenoxy) is 1. The zero-order valence-electron chi connectivity index (χ0n) is 11.0. The molecule has 0 bridgehead atoms. The monoisotopic (exact) mass is 284 g/mol. The maximum absolute atomic E-state index is 13.4. The van der Waals surface area contributed by atoms with Crippen molar-refractivity contribution in [1.82, 2.24) is 0 Å². The van der Waals surface area contributed by atoms with Gasteiger partial charge in [0.2, 0.25) is 0 Å². The fourth-order valence-electron chi connectivity index (χ4n) is 1.58. The summed E-state index contributed by atoms with van der Waals surface area (Å²) in [4.78, 5) is 23.9. The maximum atomic E-state index is 13.4. The molecule has 0 amide bonds. The molecule has 0 aliphatic rings. The van der Waals surface area contributed by atoms with Crippen LogP contribution in [0.25, 0.3) is 0 Å². The predicted octanol–water partition coefficient (Wildman–Crippen LogP) is 3.08. The second-order valence-electron chi connectivity index (χ2n) is 3.90. The normalized spacial score (nSPS) is 11.9. The van der Waals surface area contributed by atoms with Crippen LogP contribution in [0.1, 0.15) is 20.3 Å². The Balaban J connectivity index is 2.59. The standard InChI is InChI=1S/C14H17FO3S/c1-3-10(14(17)18-4-2)12(16)9-19-13-8-6-5-7-11(13)15/h5-8,10H,3-4,9H2,1-2H3. The molecular weight excluding hydrogens is 267 g/mol. The van der Waals surface area contributed by atoms with Crippen LogP contribution in [0.2, 0.25) is 0 Å². The molecule has 0 spiro atoms. The Kier molecular flexibility index (Phi) is 6.56. The molecule has 0 radical (unpaired) electrons. The molecule has 0 heterocycles. The molecule has 19 heavy (non-hydrogen) atoms. The first kappa shape index (κ1) is 15.7. The van der Waals surface area contributed by atoms with Crippen molar-refractivity contribution in [1.29, 1.82) is 0 Å². The van der Waals surface area contributed by atoms with E-state index >= 15 is 0 Å². The van der Waals surface area contributed by atoms with Crippen molar-refractivity contribution < 1.29 is 18.7 Å². The van der Waals surface area contributed by atoms with E-state index in [0.29, 0.717) is 11.3 Å². The molecule has 0 saturated carbocycles. The Labute approximate surface area is 116 Å². The van der Waals surface area contributed by atoms with Crippen molar-refractivity contribution in [2.24, 2.45) is 5.92 Å². The third-order valence-corrected chi connectivity index (χ3v) is 3.65. The SMILES string of the molecule is CCOC(=O)C(CC)C(=O)CSc1ccccc1F. The molecule has 5 heteroatoms. The Hall–Kier alpha value is -1.36. The molecule has 1 aromatic carbocycles. The van der Waals surface area contributed by atoms with Gasteiger partial charge in [0.15, 0.2) is 5.78 Å². The second kappa shape index (κ2) is 7.94. The van der Waals surface area contributed by atoms with Crippen LogP contribution in [0.3, 0.4) is 0 Å². The quantitative estimate of drug-likeness (QED) is 0.438. The molecule has 0 aromatic heterocycles. The number of ketones is 1. The van der Waals surface area contributed by atoms with Gasteiger partial charge in [-0.25, -0.2) is 4.39 Å². The van der Waals surface area contributed by atoms with Gasteiger partial charge in [-0.15, -0.1) is 11.8 Å². The van der Waals surface area contributed by atoms with Crippen molar-refractivity contribution >= 4 is 23.5 Å². The average molecular weight is 284 g/mol. The molecule has 0 fully saturated rings. The van der Waals surface area contributed by atoms with Crippen molar-refractivity contribution in [2.45, 2.75) is 25.2 Å². The number of carbonyl (C=O) groups excluding carboxylic acids is 2. The van der Waals surface area contributed by atoms with Crippen molar-refractivity contribution in [2.75, 3.05) is 12.4 Å². The number of rotatable bonds is 7. The zero-order valence-corrected chi connectivity index (χ0v) is 11.8. The van der Waals surface area contributed by atoms with Gasteiger partial charge >= 0.3 is 5.97 Å². The lowest BCUT2D eigenvalue weighted by molar-refractivity contribution is -0.151. The van der Waals surface area contributed by atoms with Gasteiger partial charge in [-0.05, 0) is 25.5 Å². The van der Waals surface area contributed by atoms with Gasteiger partial charge in [-0.3, -0.25) is 9.59 Å². The number of esters is 1. The van der Waals surface area contributed by atoms with Gasteiger partial charge in [-0.2, -0.15) is 0 Å². The van der Waals surface area contributed by atoms with Crippen LogP contribution >= 0.6 is 11.8 Å². The van der Waals surface area contributed by atoms with Crippen LogP contribution < -0.4 is 0 Å². The van der Waals surface area contributed by atoms with Gasteiger partial charge in [0.05, 0.1) is 12.4 Å². The number of carbonyl (C=O) groups is 2. The molecule has 1 unspecified atom stereocenters. The fraction of sp³-hybridized carbons (Fsp3) is 0.429. The highest BCUT2D eigenvalue weighted by atomic mass is 32.2. The van der Waals surface area contributed by atoms with E-state index in [2.05, 4.69) is 0 Å². The molecule has 1 atom stereocenters. The molecule has 0 aliphatic carbocycles. The Bertz CT molecular complexity index is 448. The zero-order chi connectivity index (χ0) is 14.3. The van der Waals surface area contributed by atoms with E-state index in [0.717, 1.165) is 11.8 Å². The summed E-state index contributed by atoms with van der Waals surface area (Å²) in [6.07, 6.45) is 0.398. The van der Waals surface area contributed by atoms with Gasteiger partial charge in [0.25, 0.3) is 0 Å². The summed E-state index contributed by atoms with van der Waals surface area (Å²) in [5, 5.41) is 0. The fourth-order valence-corrected chi connectivity index (χ4v) is 2.46.